The lowest BCUT2D eigenvalue weighted by molar-refractivity contribution is 0.101. The van der Waals surface area contributed by atoms with Crippen LogP contribution in [0.1, 0.15) is 10.5 Å². The van der Waals surface area contributed by atoms with Crippen LogP contribution in [0.4, 0.5) is 5.69 Å². The Hall–Kier alpha value is -4.66. The van der Waals surface area contributed by atoms with E-state index in [9.17, 15) is 9.90 Å². The Bertz CT molecular complexity index is 1220. The average molecular weight is 430 g/mol. The minimum Gasteiger partial charge on any atom is -0.503 e. The predicted molar refractivity (Wildman–Crippen MR) is 115 cm³/mol. The maximum atomic E-state index is 12.4. The molecule has 0 saturated carbocycles. The van der Waals surface area contributed by atoms with Crippen molar-refractivity contribution in [3.63, 3.8) is 0 Å². The summed E-state index contributed by atoms with van der Waals surface area (Å²) in [6, 6.07) is 18.9. The molecule has 4 rings (SSSR count). The van der Waals surface area contributed by atoms with E-state index in [1.165, 1.54) is 25.7 Å². The Balaban J connectivity index is 1.41. The van der Waals surface area contributed by atoms with Crippen LogP contribution in [0.2, 0.25) is 0 Å². The summed E-state index contributed by atoms with van der Waals surface area (Å²) < 4.78 is 16.4. The number of benzene rings is 2. The molecule has 0 aliphatic heterocycles. The maximum Gasteiger partial charge on any atom is 0.278 e. The number of carbonyl (C=O) groups is 1. The number of nitrogens with zero attached hydrogens (tertiary/aromatic N) is 3. The standard InChI is InChI=1S/C23H18N4O5/c1-30-18-11-12-24-21(22(18)28)23(29)27-15-7-9-17(10-8-15)32-20-13-19(25-14-26-20)31-16-5-3-2-4-6-16/h2-14,28H,1H3,(H,27,29). The third-order valence-corrected chi connectivity index (χ3v) is 4.24. The number of aromatic nitrogens is 3. The van der Waals surface area contributed by atoms with Crippen molar-refractivity contribution in [3.05, 3.63) is 84.9 Å². The molecule has 0 radical (unpaired) electrons. The molecule has 0 aliphatic carbocycles. The molecule has 0 aliphatic rings. The number of para-hydroxylation sites is 1. The summed E-state index contributed by atoms with van der Waals surface area (Å²) in [6.45, 7) is 0. The number of carbonyl (C=O) groups excluding carboxylic acids is 1. The lowest BCUT2D eigenvalue weighted by Crippen LogP contribution is -2.14. The molecule has 2 N–H and O–H groups in total. The molecule has 2 heterocycles. The van der Waals surface area contributed by atoms with Gasteiger partial charge in [0.05, 0.1) is 13.2 Å². The highest BCUT2D eigenvalue weighted by Crippen LogP contribution is 2.29. The molecule has 0 fully saturated rings. The Morgan fingerprint density at radius 3 is 2.19 bits per heavy atom. The molecule has 160 valence electrons. The molecule has 2 aromatic heterocycles. The van der Waals surface area contributed by atoms with Gasteiger partial charge in [0.2, 0.25) is 11.8 Å². The molecule has 9 heteroatoms. The number of pyridine rings is 1. The highest BCUT2D eigenvalue weighted by molar-refractivity contribution is 6.05. The van der Waals surface area contributed by atoms with Gasteiger partial charge in [0.1, 0.15) is 17.8 Å². The molecule has 0 saturated heterocycles. The topological polar surface area (TPSA) is 116 Å². The summed E-state index contributed by atoms with van der Waals surface area (Å²) in [4.78, 5) is 24.5. The van der Waals surface area contributed by atoms with Crippen LogP contribution in [0.3, 0.4) is 0 Å². The summed E-state index contributed by atoms with van der Waals surface area (Å²) in [5.41, 5.74) is 0.346. The molecule has 0 atom stereocenters. The lowest BCUT2D eigenvalue weighted by Gasteiger charge is -2.10. The van der Waals surface area contributed by atoms with Gasteiger partial charge in [0.25, 0.3) is 5.91 Å². The SMILES string of the molecule is COc1ccnc(C(=O)Nc2ccc(Oc3cc(Oc4ccccc4)ncn3)cc2)c1O. The first-order chi connectivity index (χ1) is 15.6. The van der Waals surface area contributed by atoms with Gasteiger partial charge >= 0.3 is 0 Å². The summed E-state index contributed by atoms with van der Waals surface area (Å²) in [6.07, 6.45) is 2.72. The van der Waals surface area contributed by atoms with E-state index in [1.807, 2.05) is 30.3 Å². The van der Waals surface area contributed by atoms with Crippen LogP contribution in [0.25, 0.3) is 0 Å². The predicted octanol–water partition coefficient (Wildman–Crippen LogP) is 4.42. The smallest absolute Gasteiger partial charge is 0.278 e. The van der Waals surface area contributed by atoms with Crippen LogP contribution in [0.15, 0.2) is 79.3 Å². The van der Waals surface area contributed by atoms with Crippen molar-refractivity contribution in [2.24, 2.45) is 0 Å². The van der Waals surface area contributed by atoms with Crippen molar-refractivity contribution in [3.8, 4) is 34.8 Å². The molecule has 0 spiro atoms. The Labute approximate surface area is 183 Å². The van der Waals surface area contributed by atoms with Crippen LogP contribution in [0, 0.1) is 0 Å². The van der Waals surface area contributed by atoms with E-state index in [2.05, 4.69) is 20.3 Å². The van der Waals surface area contributed by atoms with E-state index in [-0.39, 0.29) is 17.2 Å². The van der Waals surface area contributed by atoms with Gasteiger partial charge in [-0.1, -0.05) is 18.2 Å². The van der Waals surface area contributed by atoms with Gasteiger partial charge in [-0.15, -0.1) is 0 Å². The molecule has 0 unspecified atom stereocenters. The second-order valence-electron chi connectivity index (χ2n) is 6.40. The van der Waals surface area contributed by atoms with Crippen molar-refractivity contribution < 1.29 is 24.1 Å². The van der Waals surface area contributed by atoms with Gasteiger partial charge in [-0.2, -0.15) is 0 Å². The Morgan fingerprint density at radius 1 is 0.875 bits per heavy atom. The second-order valence-corrected chi connectivity index (χ2v) is 6.40. The largest absolute Gasteiger partial charge is 0.503 e. The number of rotatable bonds is 7. The number of hydrogen-bond acceptors (Lipinski definition) is 8. The average Bonchev–Trinajstić information content (AvgIpc) is 2.81. The van der Waals surface area contributed by atoms with Gasteiger partial charge in [-0.05, 0) is 36.4 Å². The molecule has 4 aromatic rings. The van der Waals surface area contributed by atoms with Gasteiger partial charge in [-0.3, -0.25) is 4.79 Å². The minimum absolute atomic E-state index is 0.142. The molecule has 1 amide bonds. The zero-order chi connectivity index (χ0) is 22.3. The third-order valence-electron chi connectivity index (χ3n) is 4.24. The molecule has 2 aromatic carbocycles. The summed E-state index contributed by atoms with van der Waals surface area (Å²) >= 11 is 0. The number of nitrogens with one attached hydrogen (secondary N) is 1. The van der Waals surface area contributed by atoms with Crippen molar-refractivity contribution in [1.29, 1.82) is 0 Å². The van der Waals surface area contributed by atoms with E-state index in [0.29, 0.717) is 28.9 Å². The lowest BCUT2D eigenvalue weighted by atomic mass is 10.2. The van der Waals surface area contributed by atoms with Crippen molar-refractivity contribution in [1.82, 2.24) is 15.0 Å². The molecular formula is C23H18N4O5. The first-order valence-corrected chi connectivity index (χ1v) is 9.48. The normalized spacial score (nSPS) is 10.3. The number of hydrogen-bond donors (Lipinski definition) is 2. The zero-order valence-electron chi connectivity index (χ0n) is 16.9. The molecular weight excluding hydrogens is 412 g/mol. The highest BCUT2D eigenvalue weighted by Gasteiger charge is 2.17. The number of ether oxygens (including phenoxy) is 3. The van der Waals surface area contributed by atoms with E-state index in [1.54, 1.807) is 30.3 Å². The highest BCUT2D eigenvalue weighted by atomic mass is 16.5. The quantitative estimate of drug-likeness (QED) is 0.443. The van der Waals surface area contributed by atoms with Gasteiger partial charge < -0.3 is 24.6 Å². The van der Waals surface area contributed by atoms with Gasteiger partial charge in [0, 0.05) is 18.0 Å². The van der Waals surface area contributed by atoms with Crippen LogP contribution >= 0.6 is 0 Å². The van der Waals surface area contributed by atoms with Gasteiger partial charge in [-0.25, -0.2) is 15.0 Å². The van der Waals surface area contributed by atoms with E-state index in [0.717, 1.165) is 0 Å². The van der Waals surface area contributed by atoms with Crippen molar-refractivity contribution >= 4 is 11.6 Å². The fourth-order valence-corrected chi connectivity index (χ4v) is 2.73. The van der Waals surface area contributed by atoms with Crippen molar-refractivity contribution in [2.75, 3.05) is 12.4 Å². The van der Waals surface area contributed by atoms with E-state index >= 15 is 0 Å². The van der Waals surface area contributed by atoms with Crippen LogP contribution in [-0.2, 0) is 0 Å². The van der Waals surface area contributed by atoms with Crippen LogP contribution in [0.5, 0.6) is 34.8 Å². The minimum atomic E-state index is -0.575. The van der Waals surface area contributed by atoms with Crippen LogP contribution < -0.4 is 19.5 Å². The number of amides is 1. The molecule has 32 heavy (non-hydrogen) atoms. The Morgan fingerprint density at radius 2 is 1.53 bits per heavy atom. The fourth-order valence-electron chi connectivity index (χ4n) is 2.73. The third kappa shape index (κ3) is 4.90. The number of anilines is 1. The molecule has 9 nitrogen and oxygen atoms in total. The fraction of sp³-hybridized carbons (Fsp3) is 0.0435. The monoisotopic (exact) mass is 430 g/mol. The summed E-state index contributed by atoms with van der Waals surface area (Å²) in [5, 5.41) is 12.7. The first-order valence-electron chi connectivity index (χ1n) is 9.48. The molecule has 0 bridgehead atoms. The zero-order valence-corrected chi connectivity index (χ0v) is 16.9. The Kier molecular flexibility index (Phi) is 6.08. The number of aromatic hydroxyl groups is 1. The number of methoxy groups -OCH3 is 1. The van der Waals surface area contributed by atoms with E-state index in [4.69, 9.17) is 14.2 Å². The summed E-state index contributed by atoms with van der Waals surface area (Å²) in [7, 11) is 1.39. The maximum absolute atomic E-state index is 12.4. The summed E-state index contributed by atoms with van der Waals surface area (Å²) in [5.74, 6) is 1.04. The first kappa shape index (κ1) is 20.6. The van der Waals surface area contributed by atoms with Crippen LogP contribution in [-0.4, -0.2) is 33.1 Å². The van der Waals surface area contributed by atoms with Crippen molar-refractivity contribution in [2.45, 2.75) is 0 Å². The second kappa shape index (κ2) is 9.43. The van der Waals surface area contributed by atoms with Gasteiger partial charge in [0.15, 0.2) is 17.2 Å². The van der Waals surface area contributed by atoms with E-state index < -0.39 is 5.91 Å².